The highest BCUT2D eigenvalue weighted by atomic mass is 16.6. The zero-order valence-corrected chi connectivity index (χ0v) is 14.8. The fourth-order valence-corrected chi connectivity index (χ4v) is 2.49. The Bertz CT molecular complexity index is 764. The van der Waals surface area contributed by atoms with Gasteiger partial charge in [-0.15, -0.1) is 0 Å². The Morgan fingerprint density at radius 1 is 1.31 bits per heavy atom. The van der Waals surface area contributed by atoms with Gasteiger partial charge in [0, 0.05) is 19.2 Å². The summed E-state index contributed by atoms with van der Waals surface area (Å²) in [6.07, 6.45) is 4.24. The fourth-order valence-electron chi connectivity index (χ4n) is 2.49. The van der Waals surface area contributed by atoms with E-state index in [2.05, 4.69) is 27.5 Å². The average molecular weight is 357 g/mol. The molecule has 0 spiro atoms. The van der Waals surface area contributed by atoms with Crippen molar-refractivity contribution in [1.29, 1.82) is 0 Å². The molecule has 1 saturated carbocycles. The fraction of sp³-hybridized carbons (Fsp3) is 0.444. The summed E-state index contributed by atoms with van der Waals surface area (Å²) >= 11 is 0. The monoisotopic (exact) mass is 357 g/mol. The Balaban J connectivity index is 1.68. The third-order valence-corrected chi connectivity index (χ3v) is 4.05. The minimum Gasteiger partial charge on any atom is -0.377 e. The molecule has 2 aromatic rings. The van der Waals surface area contributed by atoms with Crippen molar-refractivity contribution in [3.63, 3.8) is 0 Å². The van der Waals surface area contributed by atoms with Gasteiger partial charge in [0.15, 0.2) is 0 Å². The van der Waals surface area contributed by atoms with Crippen LogP contribution in [0.15, 0.2) is 30.5 Å². The zero-order valence-electron chi connectivity index (χ0n) is 14.8. The lowest BCUT2D eigenvalue weighted by Crippen LogP contribution is -2.11. The van der Waals surface area contributed by atoms with E-state index in [-0.39, 0.29) is 17.5 Å². The van der Waals surface area contributed by atoms with Crippen molar-refractivity contribution in [2.75, 3.05) is 17.2 Å². The van der Waals surface area contributed by atoms with Crippen molar-refractivity contribution < 1.29 is 9.66 Å². The first-order chi connectivity index (χ1) is 12.7. The minimum atomic E-state index is -0.463. The summed E-state index contributed by atoms with van der Waals surface area (Å²) < 4.78 is 5.63. The maximum atomic E-state index is 11.1. The SMILES string of the molecule is CCCOCc1ccccc1CNc1ncc([N+](=O)[O-])c(NC2CC2)n1. The molecule has 0 saturated heterocycles. The summed E-state index contributed by atoms with van der Waals surface area (Å²) in [7, 11) is 0. The van der Waals surface area contributed by atoms with Gasteiger partial charge in [-0.05, 0) is 30.4 Å². The lowest BCUT2D eigenvalue weighted by molar-refractivity contribution is -0.384. The molecule has 0 amide bonds. The third-order valence-electron chi connectivity index (χ3n) is 4.05. The zero-order chi connectivity index (χ0) is 18.4. The number of nitro groups is 1. The second-order valence-corrected chi connectivity index (χ2v) is 6.28. The molecule has 8 nitrogen and oxygen atoms in total. The molecule has 0 radical (unpaired) electrons. The molecule has 1 heterocycles. The molecular weight excluding hydrogens is 334 g/mol. The molecule has 26 heavy (non-hydrogen) atoms. The number of rotatable bonds is 10. The standard InChI is InChI=1S/C18H23N5O3/c1-2-9-26-12-14-6-4-3-5-13(14)10-19-18-20-11-16(23(24)25)17(22-18)21-15-7-8-15/h3-6,11,15H,2,7-10,12H2,1H3,(H2,19,20,21,22). The van der Waals surface area contributed by atoms with E-state index >= 15 is 0 Å². The second kappa shape index (κ2) is 8.57. The molecule has 2 N–H and O–H groups in total. The molecule has 0 aliphatic heterocycles. The van der Waals surface area contributed by atoms with Crippen molar-refractivity contribution in [3.8, 4) is 0 Å². The number of benzene rings is 1. The van der Waals surface area contributed by atoms with Crippen LogP contribution in [0.2, 0.25) is 0 Å². The first-order valence-corrected chi connectivity index (χ1v) is 8.83. The van der Waals surface area contributed by atoms with Gasteiger partial charge in [0.1, 0.15) is 6.20 Å². The van der Waals surface area contributed by atoms with Crippen molar-refractivity contribution in [2.45, 2.75) is 45.4 Å². The van der Waals surface area contributed by atoms with Crippen LogP contribution in [0.25, 0.3) is 0 Å². The van der Waals surface area contributed by atoms with Gasteiger partial charge in [-0.25, -0.2) is 4.98 Å². The first-order valence-electron chi connectivity index (χ1n) is 8.83. The predicted molar refractivity (Wildman–Crippen MR) is 99.0 cm³/mol. The van der Waals surface area contributed by atoms with E-state index in [9.17, 15) is 10.1 Å². The van der Waals surface area contributed by atoms with E-state index in [1.807, 2.05) is 24.3 Å². The Kier molecular flexibility index (Phi) is 5.96. The second-order valence-electron chi connectivity index (χ2n) is 6.28. The van der Waals surface area contributed by atoms with Gasteiger partial charge in [0.05, 0.1) is 11.5 Å². The highest BCUT2D eigenvalue weighted by Crippen LogP contribution is 2.29. The number of nitrogens with one attached hydrogen (secondary N) is 2. The lowest BCUT2D eigenvalue weighted by Gasteiger charge is -2.12. The number of nitrogens with zero attached hydrogens (tertiary/aromatic N) is 3. The van der Waals surface area contributed by atoms with E-state index in [4.69, 9.17) is 4.74 Å². The summed E-state index contributed by atoms with van der Waals surface area (Å²) in [6.45, 7) is 3.88. The molecule has 1 aromatic heterocycles. The molecule has 1 aliphatic rings. The van der Waals surface area contributed by atoms with Crippen LogP contribution >= 0.6 is 0 Å². The summed E-state index contributed by atoms with van der Waals surface area (Å²) in [6, 6.07) is 8.27. The minimum absolute atomic E-state index is 0.101. The summed E-state index contributed by atoms with van der Waals surface area (Å²) in [5.74, 6) is 0.637. The summed E-state index contributed by atoms with van der Waals surface area (Å²) in [5, 5.41) is 17.4. The maximum absolute atomic E-state index is 11.1. The highest BCUT2D eigenvalue weighted by Gasteiger charge is 2.26. The van der Waals surface area contributed by atoms with Gasteiger partial charge in [-0.3, -0.25) is 10.1 Å². The lowest BCUT2D eigenvalue weighted by atomic mass is 10.1. The normalized spacial score (nSPS) is 13.4. The van der Waals surface area contributed by atoms with E-state index in [1.54, 1.807) is 0 Å². The van der Waals surface area contributed by atoms with E-state index in [0.29, 0.717) is 19.1 Å². The highest BCUT2D eigenvalue weighted by molar-refractivity contribution is 5.58. The Morgan fingerprint density at radius 3 is 2.77 bits per heavy atom. The van der Waals surface area contributed by atoms with E-state index in [1.165, 1.54) is 6.20 Å². The summed E-state index contributed by atoms with van der Waals surface area (Å²) in [5.41, 5.74) is 2.09. The molecule has 1 aromatic carbocycles. The van der Waals surface area contributed by atoms with E-state index < -0.39 is 4.92 Å². The maximum Gasteiger partial charge on any atom is 0.329 e. The van der Waals surface area contributed by atoms with Gasteiger partial charge in [0.25, 0.3) is 0 Å². The molecule has 0 unspecified atom stereocenters. The van der Waals surface area contributed by atoms with Crippen molar-refractivity contribution in [3.05, 3.63) is 51.7 Å². The van der Waals surface area contributed by atoms with Crippen molar-refractivity contribution in [2.24, 2.45) is 0 Å². The molecule has 0 atom stereocenters. The molecule has 1 aliphatic carbocycles. The van der Waals surface area contributed by atoms with Crippen molar-refractivity contribution >= 4 is 17.5 Å². The first kappa shape index (κ1) is 18.1. The largest absolute Gasteiger partial charge is 0.377 e. The van der Waals surface area contributed by atoms with Crippen LogP contribution in [-0.4, -0.2) is 27.5 Å². The molecule has 3 rings (SSSR count). The average Bonchev–Trinajstić information content (AvgIpc) is 3.45. The van der Waals surface area contributed by atoms with Gasteiger partial charge >= 0.3 is 5.69 Å². The quantitative estimate of drug-likeness (QED) is 0.381. The predicted octanol–water partition coefficient (Wildman–Crippen LogP) is 3.50. The number of anilines is 2. The number of ether oxygens (including phenoxy) is 1. The van der Waals surface area contributed by atoms with Crippen molar-refractivity contribution in [1.82, 2.24) is 9.97 Å². The molecule has 138 valence electrons. The van der Waals surface area contributed by atoms with Crippen LogP contribution in [0.1, 0.15) is 37.3 Å². The van der Waals surface area contributed by atoms with Crippen LogP contribution in [-0.2, 0) is 17.9 Å². The number of hydrogen-bond donors (Lipinski definition) is 2. The molecule has 0 bridgehead atoms. The van der Waals surface area contributed by atoms with Gasteiger partial charge in [-0.1, -0.05) is 31.2 Å². The summed E-state index contributed by atoms with van der Waals surface area (Å²) in [4.78, 5) is 19.0. The van der Waals surface area contributed by atoms with Gasteiger partial charge in [-0.2, -0.15) is 4.98 Å². The van der Waals surface area contributed by atoms with E-state index in [0.717, 1.165) is 37.0 Å². The topological polar surface area (TPSA) is 102 Å². The molecular formula is C18H23N5O3. The van der Waals surface area contributed by atoms with Gasteiger partial charge in [0.2, 0.25) is 11.8 Å². The van der Waals surface area contributed by atoms with Crippen LogP contribution in [0.4, 0.5) is 17.5 Å². The Morgan fingerprint density at radius 2 is 2.08 bits per heavy atom. The number of aromatic nitrogens is 2. The van der Waals surface area contributed by atoms with Crippen LogP contribution < -0.4 is 10.6 Å². The van der Waals surface area contributed by atoms with Gasteiger partial charge < -0.3 is 15.4 Å². The molecule has 8 heteroatoms. The third kappa shape index (κ3) is 4.89. The van der Waals surface area contributed by atoms with Crippen LogP contribution in [0.3, 0.4) is 0 Å². The Hall–Kier alpha value is -2.74. The number of hydrogen-bond acceptors (Lipinski definition) is 7. The Labute approximate surface area is 152 Å². The van der Waals surface area contributed by atoms with Crippen LogP contribution in [0.5, 0.6) is 0 Å². The van der Waals surface area contributed by atoms with Crippen LogP contribution in [0, 0.1) is 10.1 Å². The molecule has 1 fully saturated rings. The smallest absolute Gasteiger partial charge is 0.329 e.